The van der Waals surface area contributed by atoms with Gasteiger partial charge in [-0.2, -0.15) is 0 Å². The average Bonchev–Trinajstić information content (AvgIpc) is 2.77. The van der Waals surface area contributed by atoms with Crippen LogP contribution in [0.5, 0.6) is 0 Å². The maximum Gasteiger partial charge on any atom is 0.188 e. The van der Waals surface area contributed by atoms with Crippen LogP contribution in [-0.2, 0) is 6.54 Å². The molecule has 3 rings (SSSR count). The van der Waals surface area contributed by atoms with Gasteiger partial charge < -0.3 is 10.3 Å². The van der Waals surface area contributed by atoms with Crippen molar-refractivity contribution in [2.75, 3.05) is 5.73 Å². The molecule has 6 nitrogen and oxygen atoms in total. The number of anilines is 1. The molecule has 1 aromatic carbocycles. The first kappa shape index (κ1) is 10.6. The van der Waals surface area contributed by atoms with E-state index in [0.29, 0.717) is 23.3 Å². The van der Waals surface area contributed by atoms with Gasteiger partial charge in [-0.1, -0.05) is 18.2 Å². The van der Waals surface area contributed by atoms with Crippen molar-refractivity contribution in [3.05, 3.63) is 42.0 Å². The van der Waals surface area contributed by atoms with Crippen LogP contribution in [0.4, 0.5) is 10.2 Å². The molecule has 7 heteroatoms. The van der Waals surface area contributed by atoms with E-state index in [1.807, 2.05) is 0 Å². The van der Waals surface area contributed by atoms with Crippen molar-refractivity contribution in [3.8, 4) is 0 Å². The molecule has 0 aliphatic heterocycles. The molecule has 18 heavy (non-hydrogen) atoms. The van der Waals surface area contributed by atoms with Crippen LogP contribution >= 0.6 is 0 Å². The molecular weight excluding hydrogens is 235 g/mol. The highest BCUT2D eigenvalue weighted by Gasteiger charge is 2.10. The Bertz CT molecular complexity index is 708. The van der Waals surface area contributed by atoms with E-state index >= 15 is 0 Å². The first-order valence-corrected chi connectivity index (χ1v) is 5.29. The molecule has 2 heterocycles. The van der Waals surface area contributed by atoms with Gasteiger partial charge in [-0.25, -0.2) is 9.37 Å². The van der Waals surface area contributed by atoms with Gasteiger partial charge in [0.15, 0.2) is 17.0 Å². The zero-order chi connectivity index (χ0) is 12.5. The fraction of sp³-hybridized carbons (Fsp3) is 0.0909. The standard InChI is InChI=1S/C11H9FN6/c12-8-4-2-1-3-7(8)5-18-6-14-9-10(13)15-17-16-11(9)18/h1-4,6H,5H2,(H2,13,15,16). The van der Waals surface area contributed by atoms with Crippen LogP contribution in [0.2, 0.25) is 0 Å². The summed E-state index contributed by atoms with van der Waals surface area (Å²) in [7, 11) is 0. The van der Waals surface area contributed by atoms with E-state index in [1.54, 1.807) is 29.1 Å². The molecule has 90 valence electrons. The smallest absolute Gasteiger partial charge is 0.188 e. The second kappa shape index (κ2) is 4.02. The number of benzene rings is 1. The number of imidazole rings is 1. The maximum absolute atomic E-state index is 13.6. The molecule has 0 unspecified atom stereocenters. The van der Waals surface area contributed by atoms with Crippen LogP contribution in [0.25, 0.3) is 11.2 Å². The summed E-state index contributed by atoms with van der Waals surface area (Å²) in [6, 6.07) is 6.54. The molecule has 0 saturated carbocycles. The van der Waals surface area contributed by atoms with Crippen molar-refractivity contribution in [1.82, 2.24) is 25.0 Å². The van der Waals surface area contributed by atoms with E-state index in [-0.39, 0.29) is 11.6 Å². The normalized spacial score (nSPS) is 10.9. The number of nitrogens with two attached hydrogens (primary N) is 1. The van der Waals surface area contributed by atoms with Gasteiger partial charge >= 0.3 is 0 Å². The highest BCUT2D eigenvalue weighted by Crippen LogP contribution is 2.16. The van der Waals surface area contributed by atoms with Crippen LogP contribution < -0.4 is 5.73 Å². The van der Waals surface area contributed by atoms with Crippen molar-refractivity contribution >= 4 is 17.0 Å². The van der Waals surface area contributed by atoms with E-state index in [9.17, 15) is 4.39 Å². The Hall–Kier alpha value is -2.57. The Kier molecular flexibility index (Phi) is 2.36. The summed E-state index contributed by atoms with van der Waals surface area (Å²) in [6.07, 6.45) is 1.55. The van der Waals surface area contributed by atoms with Gasteiger partial charge in [-0.3, -0.25) is 0 Å². The topological polar surface area (TPSA) is 82.5 Å². The molecule has 2 aromatic heterocycles. The number of aromatic nitrogens is 5. The summed E-state index contributed by atoms with van der Waals surface area (Å²) in [5.41, 5.74) is 7.14. The Labute approximate surface area is 101 Å². The lowest BCUT2D eigenvalue weighted by Gasteiger charge is -2.04. The predicted molar refractivity (Wildman–Crippen MR) is 63.0 cm³/mol. The monoisotopic (exact) mass is 244 g/mol. The van der Waals surface area contributed by atoms with E-state index in [1.165, 1.54) is 6.07 Å². The van der Waals surface area contributed by atoms with Crippen LogP contribution in [0.15, 0.2) is 30.6 Å². The molecule has 0 amide bonds. The van der Waals surface area contributed by atoms with E-state index in [4.69, 9.17) is 5.73 Å². The molecule has 0 aliphatic rings. The Morgan fingerprint density at radius 2 is 2.06 bits per heavy atom. The minimum Gasteiger partial charge on any atom is -0.380 e. The number of rotatable bonds is 2. The number of hydrogen-bond donors (Lipinski definition) is 1. The molecule has 0 saturated heterocycles. The third-order valence-electron chi connectivity index (χ3n) is 2.64. The minimum absolute atomic E-state index is 0.215. The molecule has 0 spiro atoms. The maximum atomic E-state index is 13.6. The number of nitrogens with zero attached hydrogens (tertiary/aromatic N) is 5. The van der Waals surface area contributed by atoms with E-state index in [2.05, 4.69) is 20.4 Å². The third kappa shape index (κ3) is 1.65. The summed E-state index contributed by atoms with van der Waals surface area (Å²) in [6.45, 7) is 0.321. The number of fused-ring (bicyclic) bond motifs is 1. The molecule has 0 bridgehead atoms. The lowest BCUT2D eigenvalue weighted by Crippen LogP contribution is -2.03. The van der Waals surface area contributed by atoms with Crippen LogP contribution in [0.1, 0.15) is 5.56 Å². The van der Waals surface area contributed by atoms with Crippen molar-refractivity contribution in [2.24, 2.45) is 0 Å². The van der Waals surface area contributed by atoms with Gasteiger partial charge in [0.25, 0.3) is 0 Å². The van der Waals surface area contributed by atoms with Crippen LogP contribution in [0, 0.1) is 5.82 Å². The van der Waals surface area contributed by atoms with Gasteiger partial charge in [0.05, 0.1) is 12.9 Å². The van der Waals surface area contributed by atoms with Gasteiger partial charge in [-0.15, -0.1) is 10.2 Å². The number of hydrogen-bond acceptors (Lipinski definition) is 5. The summed E-state index contributed by atoms with van der Waals surface area (Å²) in [5, 5.41) is 11.0. The lowest BCUT2D eigenvalue weighted by atomic mass is 10.2. The minimum atomic E-state index is -0.269. The first-order valence-electron chi connectivity index (χ1n) is 5.29. The first-order chi connectivity index (χ1) is 8.75. The quantitative estimate of drug-likeness (QED) is 0.726. The largest absolute Gasteiger partial charge is 0.380 e. The van der Waals surface area contributed by atoms with E-state index in [0.717, 1.165) is 0 Å². The van der Waals surface area contributed by atoms with Crippen LogP contribution in [0.3, 0.4) is 0 Å². The highest BCUT2D eigenvalue weighted by molar-refractivity contribution is 5.80. The molecule has 0 atom stereocenters. The Morgan fingerprint density at radius 1 is 1.22 bits per heavy atom. The molecule has 2 N–H and O–H groups in total. The molecule has 3 aromatic rings. The average molecular weight is 244 g/mol. The fourth-order valence-corrected chi connectivity index (χ4v) is 1.75. The SMILES string of the molecule is Nc1nnnc2c1ncn2Cc1ccccc1F. The third-order valence-corrected chi connectivity index (χ3v) is 2.64. The zero-order valence-electron chi connectivity index (χ0n) is 9.29. The second-order valence-electron chi connectivity index (χ2n) is 3.81. The number of halogens is 1. The van der Waals surface area contributed by atoms with E-state index < -0.39 is 0 Å². The van der Waals surface area contributed by atoms with Gasteiger partial charge in [0.2, 0.25) is 0 Å². The van der Waals surface area contributed by atoms with Crippen molar-refractivity contribution in [2.45, 2.75) is 6.54 Å². The number of nitrogen functional groups attached to an aromatic ring is 1. The van der Waals surface area contributed by atoms with Crippen molar-refractivity contribution in [3.63, 3.8) is 0 Å². The molecular formula is C11H9FN6. The fourth-order valence-electron chi connectivity index (χ4n) is 1.75. The van der Waals surface area contributed by atoms with Gasteiger partial charge in [0, 0.05) is 5.56 Å². The lowest BCUT2D eigenvalue weighted by molar-refractivity contribution is 0.600. The Morgan fingerprint density at radius 3 is 2.89 bits per heavy atom. The molecule has 0 aliphatic carbocycles. The van der Waals surface area contributed by atoms with Gasteiger partial charge in [0.1, 0.15) is 5.82 Å². The zero-order valence-corrected chi connectivity index (χ0v) is 9.29. The highest BCUT2D eigenvalue weighted by atomic mass is 19.1. The summed E-state index contributed by atoms with van der Waals surface area (Å²) < 4.78 is 15.2. The van der Waals surface area contributed by atoms with Crippen LogP contribution in [-0.4, -0.2) is 25.0 Å². The van der Waals surface area contributed by atoms with Gasteiger partial charge in [-0.05, 0) is 11.3 Å². The molecule has 0 fully saturated rings. The van der Waals surface area contributed by atoms with Crippen molar-refractivity contribution < 1.29 is 4.39 Å². The molecule has 0 radical (unpaired) electrons. The Balaban J connectivity index is 2.06. The van der Waals surface area contributed by atoms with Crippen molar-refractivity contribution in [1.29, 1.82) is 0 Å². The summed E-state index contributed by atoms with van der Waals surface area (Å²) in [4.78, 5) is 4.09. The predicted octanol–water partition coefficient (Wildman–Crippen LogP) is 0.991. The summed E-state index contributed by atoms with van der Waals surface area (Å²) >= 11 is 0. The second-order valence-corrected chi connectivity index (χ2v) is 3.81. The summed E-state index contributed by atoms with van der Waals surface area (Å²) in [5.74, 6) is -0.0541.